The van der Waals surface area contributed by atoms with Crippen molar-refractivity contribution in [2.45, 2.75) is 32.7 Å². The lowest BCUT2D eigenvalue weighted by Crippen LogP contribution is -2.32. The SMILES string of the molecule is CCCC(C)C(NN)c1sccc1Br. The van der Waals surface area contributed by atoms with Crippen molar-refractivity contribution in [3.63, 3.8) is 0 Å². The molecular weight excluding hydrogens is 260 g/mol. The largest absolute Gasteiger partial charge is 0.271 e. The average Bonchev–Trinajstić information content (AvgIpc) is 2.54. The van der Waals surface area contributed by atoms with E-state index < -0.39 is 0 Å². The van der Waals surface area contributed by atoms with Crippen molar-refractivity contribution in [1.82, 2.24) is 5.43 Å². The number of rotatable bonds is 5. The molecule has 0 saturated heterocycles. The Labute approximate surface area is 98.0 Å². The quantitative estimate of drug-likeness (QED) is 0.639. The van der Waals surface area contributed by atoms with Crippen LogP contribution in [0.2, 0.25) is 0 Å². The molecule has 1 heterocycles. The zero-order valence-corrected chi connectivity index (χ0v) is 11.0. The van der Waals surface area contributed by atoms with Gasteiger partial charge in [0.2, 0.25) is 0 Å². The molecule has 2 atom stereocenters. The van der Waals surface area contributed by atoms with Crippen molar-refractivity contribution in [2.24, 2.45) is 11.8 Å². The number of nitrogens with two attached hydrogens (primary N) is 1. The van der Waals surface area contributed by atoms with Gasteiger partial charge in [-0.05, 0) is 39.7 Å². The minimum absolute atomic E-state index is 0.268. The highest BCUT2D eigenvalue weighted by Gasteiger charge is 2.20. The van der Waals surface area contributed by atoms with Crippen molar-refractivity contribution in [1.29, 1.82) is 0 Å². The van der Waals surface area contributed by atoms with E-state index in [1.54, 1.807) is 11.3 Å². The van der Waals surface area contributed by atoms with Gasteiger partial charge in [-0.25, -0.2) is 0 Å². The first-order chi connectivity index (χ1) is 6.70. The molecule has 14 heavy (non-hydrogen) atoms. The molecule has 0 spiro atoms. The third-order valence-corrected chi connectivity index (χ3v) is 4.37. The highest BCUT2D eigenvalue weighted by atomic mass is 79.9. The first kappa shape index (κ1) is 12.2. The zero-order valence-electron chi connectivity index (χ0n) is 8.59. The van der Waals surface area contributed by atoms with Gasteiger partial charge in [0.25, 0.3) is 0 Å². The number of hydrogen-bond donors (Lipinski definition) is 2. The summed E-state index contributed by atoms with van der Waals surface area (Å²) in [5.41, 5.74) is 2.91. The molecule has 0 fully saturated rings. The van der Waals surface area contributed by atoms with Crippen LogP contribution in [0.1, 0.15) is 37.6 Å². The highest BCUT2D eigenvalue weighted by Crippen LogP contribution is 2.34. The van der Waals surface area contributed by atoms with Gasteiger partial charge in [-0.3, -0.25) is 11.3 Å². The smallest absolute Gasteiger partial charge is 0.0590 e. The van der Waals surface area contributed by atoms with Crippen LogP contribution in [0.3, 0.4) is 0 Å². The molecule has 0 radical (unpaired) electrons. The van der Waals surface area contributed by atoms with E-state index in [1.807, 2.05) is 0 Å². The second-order valence-corrected chi connectivity index (χ2v) is 5.35. The van der Waals surface area contributed by atoms with Crippen molar-refractivity contribution in [3.8, 4) is 0 Å². The third-order valence-electron chi connectivity index (χ3n) is 2.42. The summed E-state index contributed by atoms with van der Waals surface area (Å²) in [4.78, 5) is 1.30. The summed E-state index contributed by atoms with van der Waals surface area (Å²) in [6.07, 6.45) is 2.39. The molecule has 0 amide bonds. The first-order valence-corrected chi connectivity index (χ1v) is 6.57. The fraction of sp³-hybridized carbons (Fsp3) is 0.600. The Balaban J connectivity index is 2.76. The number of halogens is 1. The van der Waals surface area contributed by atoms with E-state index in [-0.39, 0.29) is 6.04 Å². The zero-order chi connectivity index (χ0) is 10.6. The summed E-state index contributed by atoms with van der Waals surface area (Å²) in [6.45, 7) is 4.44. The predicted molar refractivity (Wildman–Crippen MR) is 66.2 cm³/mol. The molecule has 0 bridgehead atoms. The molecule has 1 aromatic heterocycles. The standard InChI is InChI=1S/C10H17BrN2S/c1-3-4-7(2)9(13-12)10-8(11)5-6-14-10/h5-7,9,13H,3-4,12H2,1-2H3. The maximum absolute atomic E-state index is 5.60. The van der Waals surface area contributed by atoms with E-state index in [2.05, 4.69) is 46.6 Å². The molecule has 2 unspecified atom stereocenters. The maximum atomic E-state index is 5.60. The first-order valence-electron chi connectivity index (χ1n) is 4.89. The minimum Gasteiger partial charge on any atom is -0.271 e. The lowest BCUT2D eigenvalue weighted by molar-refractivity contribution is 0.372. The van der Waals surface area contributed by atoms with Crippen LogP contribution in [0.5, 0.6) is 0 Å². The highest BCUT2D eigenvalue weighted by molar-refractivity contribution is 9.10. The number of nitrogens with one attached hydrogen (secondary N) is 1. The van der Waals surface area contributed by atoms with Gasteiger partial charge in [-0.1, -0.05) is 20.3 Å². The lowest BCUT2D eigenvalue weighted by atomic mass is 9.96. The normalized spacial score (nSPS) is 15.4. The molecule has 3 N–H and O–H groups in total. The van der Waals surface area contributed by atoms with E-state index in [0.717, 1.165) is 4.47 Å². The van der Waals surface area contributed by atoms with Crippen molar-refractivity contribution < 1.29 is 0 Å². The van der Waals surface area contributed by atoms with Crippen LogP contribution in [-0.2, 0) is 0 Å². The van der Waals surface area contributed by atoms with Gasteiger partial charge in [0.15, 0.2) is 0 Å². The Bertz CT molecular complexity index is 275. The van der Waals surface area contributed by atoms with Crippen LogP contribution in [0, 0.1) is 5.92 Å². The van der Waals surface area contributed by atoms with Crippen LogP contribution < -0.4 is 11.3 Å². The van der Waals surface area contributed by atoms with Gasteiger partial charge in [0.05, 0.1) is 6.04 Å². The van der Waals surface area contributed by atoms with Crippen molar-refractivity contribution >= 4 is 27.3 Å². The van der Waals surface area contributed by atoms with E-state index in [1.165, 1.54) is 17.7 Å². The van der Waals surface area contributed by atoms with E-state index >= 15 is 0 Å². The summed E-state index contributed by atoms with van der Waals surface area (Å²) in [5.74, 6) is 6.17. The summed E-state index contributed by atoms with van der Waals surface area (Å²) >= 11 is 5.29. The number of hydrogen-bond acceptors (Lipinski definition) is 3. The molecule has 0 aliphatic rings. The van der Waals surface area contributed by atoms with Crippen LogP contribution in [-0.4, -0.2) is 0 Å². The lowest BCUT2D eigenvalue weighted by Gasteiger charge is -2.22. The van der Waals surface area contributed by atoms with Crippen LogP contribution in [0.15, 0.2) is 15.9 Å². The fourth-order valence-electron chi connectivity index (χ4n) is 1.65. The third kappa shape index (κ3) is 2.79. The van der Waals surface area contributed by atoms with Crippen molar-refractivity contribution in [3.05, 3.63) is 20.8 Å². The Morgan fingerprint density at radius 2 is 2.36 bits per heavy atom. The Morgan fingerprint density at radius 3 is 2.79 bits per heavy atom. The van der Waals surface area contributed by atoms with E-state index in [9.17, 15) is 0 Å². The molecule has 1 rings (SSSR count). The average molecular weight is 277 g/mol. The predicted octanol–water partition coefficient (Wildman–Crippen LogP) is 3.45. The fourth-order valence-corrected chi connectivity index (χ4v) is 3.46. The Hall–Kier alpha value is 0.100. The monoisotopic (exact) mass is 276 g/mol. The molecule has 2 nitrogen and oxygen atoms in total. The molecular formula is C10H17BrN2S. The second-order valence-electron chi connectivity index (χ2n) is 3.54. The Kier molecular flexibility index (Phi) is 5.09. The van der Waals surface area contributed by atoms with E-state index in [0.29, 0.717) is 5.92 Å². The van der Waals surface area contributed by atoms with Crippen molar-refractivity contribution in [2.75, 3.05) is 0 Å². The van der Waals surface area contributed by atoms with Crippen LogP contribution >= 0.6 is 27.3 Å². The molecule has 4 heteroatoms. The maximum Gasteiger partial charge on any atom is 0.0590 e. The second kappa shape index (κ2) is 5.85. The van der Waals surface area contributed by atoms with Gasteiger partial charge in [0, 0.05) is 9.35 Å². The van der Waals surface area contributed by atoms with Gasteiger partial charge in [-0.2, -0.15) is 0 Å². The summed E-state index contributed by atoms with van der Waals surface area (Å²) in [7, 11) is 0. The van der Waals surface area contributed by atoms with Gasteiger partial charge < -0.3 is 0 Å². The molecule has 0 aliphatic carbocycles. The molecule has 0 saturated carbocycles. The molecule has 1 aromatic rings. The van der Waals surface area contributed by atoms with Gasteiger partial charge in [-0.15, -0.1) is 11.3 Å². The van der Waals surface area contributed by atoms with E-state index in [4.69, 9.17) is 5.84 Å². The summed E-state index contributed by atoms with van der Waals surface area (Å²) < 4.78 is 1.16. The summed E-state index contributed by atoms with van der Waals surface area (Å²) in [6, 6.07) is 2.34. The van der Waals surface area contributed by atoms with Crippen LogP contribution in [0.25, 0.3) is 0 Å². The number of thiophene rings is 1. The number of hydrazine groups is 1. The molecule has 0 aromatic carbocycles. The Morgan fingerprint density at radius 1 is 1.64 bits per heavy atom. The summed E-state index contributed by atoms with van der Waals surface area (Å²) in [5, 5.41) is 2.09. The minimum atomic E-state index is 0.268. The van der Waals surface area contributed by atoms with Gasteiger partial charge >= 0.3 is 0 Å². The van der Waals surface area contributed by atoms with Gasteiger partial charge in [0.1, 0.15) is 0 Å². The molecule has 0 aliphatic heterocycles. The van der Waals surface area contributed by atoms with Crippen LogP contribution in [0.4, 0.5) is 0 Å². The molecule has 80 valence electrons. The topological polar surface area (TPSA) is 38.0 Å².